The maximum Gasteiger partial charge on any atom is 0.229 e. The fraction of sp³-hybridized carbons (Fsp3) is 0.440. The van der Waals surface area contributed by atoms with E-state index in [2.05, 4.69) is 35.0 Å². The second kappa shape index (κ2) is 8.48. The Morgan fingerprint density at radius 1 is 0.941 bits per heavy atom. The van der Waals surface area contributed by atoms with E-state index >= 15 is 0 Å². The Hall–Kier alpha value is -3.30. The van der Waals surface area contributed by atoms with Crippen LogP contribution in [0.4, 0.5) is 17.5 Å². The Bertz CT molecular complexity index is 1260. The summed E-state index contributed by atoms with van der Waals surface area (Å²) in [6, 6.07) is 10.5. The molecule has 1 aromatic carbocycles. The van der Waals surface area contributed by atoms with Gasteiger partial charge in [0.05, 0.1) is 56.0 Å². The van der Waals surface area contributed by atoms with Crippen LogP contribution >= 0.6 is 0 Å². The summed E-state index contributed by atoms with van der Waals surface area (Å²) in [4.78, 5) is 31.2. The molecule has 9 nitrogen and oxygen atoms in total. The van der Waals surface area contributed by atoms with Gasteiger partial charge in [-0.3, -0.25) is 4.79 Å². The van der Waals surface area contributed by atoms with Crippen LogP contribution in [0, 0.1) is 0 Å². The second-order valence-electron chi connectivity index (χ2n) is 9.25. The van der Waals surface area contributed by atoms with Crippen molar-refractivity contribution in [3.63, 3.8) is 0 Å². The zero-order valence-electron chi connectivity index (χ0n) is 19.5. The predicted octanol–water partition coefficient (Wildman–Crippen LogP) is 2.64. The first-order valence-corrected chi connectivity index (χ1v) is 11.9. The second-order valence-corrected chi connectivity index (χ2v) is 9.25. The number of morpholine rings is 2. The van der Waals surface area contributed by atoms with Crippen molar-refractivity contribution in [2.24, 2.45) is 0 Å². The standard InChI is InChI=1S/C25H28N6O3/c1-15-13-33-9-7-30(15)24-19-4-6-20(17-3-5-21-18(11-17)12-22(32)26-21)27-23(19)28-25(29-24)31-8-10-34-14-16(31)2/h3-6,11,15-16H,7-10,12-14H2,1-2H3,(H,26,32). The summed E-state index contributed by atoms with van der Waals surface area (Å²) >= 11 is 0. The molecule has 1 N–H and O–H groups in total. The number of carbonyl (C=O) groups is 1. The minimum atomic E-state index is 0.0277. The van der Waals surface area contributed by atoms with Crippen molar-refractivity contribution in [1.29, 1.82) is 0 Å². The normalized spacial score (nSPS) is 22.7. The van der Waals surface area contributed by atoms with Gasteiger partial charge in [0.15, 0.2) is 5.65 Å². The van der Waals surface area contributed by atoms with Gasteiger partial charge in [-0.1, -0.05) is 6.07 Å². The van der Waals surface area contributed by atoms with Gasteiger partial charge in [-0.2, -0.15) is 9.97 Å². The molecule has 2 unspecified atom stereocenters. The van der Waals surface area contributed by atoms with Gasteiger partial charge in [0.1, 0.15) is 5.82 Å². The van der Waals surface area contributed by atoms with Crippen molar-refractivity contribution in [2.75, 3.05) is 54.6 Å². The van der Waals surface area contributed by atoms with Crippen LogP contribution in [-0.2, 0) is 20.7 Å². The summed E-state index contributed by atoms with van der Waals surface area (Å²) in [6.45, 7) is 8.47. The number of aromatic nitrogens is 3. The molecule has 176 valence electrons. The molecule has 2 atom stereocenters. The summed E-state index contributed by atoms with van der Waals surface area (Å²) in [5, 5.41) is 3.82. The smallest absolute Gasteiger partial charge is 0.229 e. The first kappa shape index (κ1) is 21.2. The fourth-order valence-corrected chi connectivity index (χ4v) is 4.95. The molecular weight excluding hydrogens is 432 g/mol. The van der Waals surface area contributed by atoms with Crippen LogP contribution < -0.4 is 15.1 Å². The molecule has 0 bridgehead atoms. The molecule has 9 heteroatoms. The molecule has 0 radical (unpaired) electrons. The van der Waals surface area contributed by atoms with E-state index in [9.17, 15) is 4.79 Å². The Morgan fingerprint density at radius 3 is 2.47 bits per heavy atom. The van der Waals surface area contributed by atoms with Crippen LogP contribution in [0.2, 0.25) is 0 Å². The number of rotatable bonds is 3. The van der Waals surface area contributed by atoms with Gasteiger partial charge in [0, 0.05) is 24.3 Å². The number of anilines is 3. The van der Waals surface area contributed by atoms with Gasteiger partial charge in [-0.25, -0.2) is 4.98 Å². The van der Waals surface area contributed by atoms with Gasteiger partial charge >= 0.3 is 0 Å². The molecule has 2 saturated heterocycles. The van der Waals surface area contributed by atoms with Crippen LogP contribution in [0.15, 0.2) is 30.3 Å². The average Bonchev–Trinajstić information content (AvgIpc) is 3.23. The topological polar surface area (TPSA) is 92.7 Å². The summed E-state index contributed by atoms with van der Waals surface area (Å²) in [7, 11) is 0. The van der Waals surface area contributed by atoms with E-state index in [-0.39, 0.29) is 18.0 Å². The van der Waals surface area contributed by atoms with Crippen LogP contribution in [0.3, 0.4) is 0 Å². The molecule has 5 heterocycles. The van der Waals surface area contributed by atoms with Crippen molar-refractivity contribution in [2.45, 2.75) is 32.4 Å². The zero-order valence-corrected chi connectivity index (χ0v) is 19.5. The number of amides is 1. The first-order valence-electron chi connectivity index (χ1n) is 11.9. The molecule has 3 aromatic rings. The van der Waals surface area contributed by atoms with Gasteiger partial charge in [-0.15, -0.1) is 0 Å². The lowest BCUT2D eigenvalue weighted by Gasteiger charge is -2.37. The Morgan fingerprint density at radius 2 is 1.71 bits per heavy atom. The Balaban J connectivity index is 1.47. The number of hydrogen-bond donors (Lipinski definition) is 1. The van der Waals surface area contributed by atoms with Crippen molar-refractivity contribution in [3.8, 4) is 11.3 Å². The maximum atomic E-state index is 11.8. The SMILES string of the molecule is CC1COCCN1c1nc(N2CCOCC2C)c2ccc(-c3ccc4c(c3)CC(=O)N4)nc2n1. The average molecular weight is 461 g/mol. The minimum Gasteiger partial charge on any atom is -0.377 e. The minimum absolute atomic E-state index is 0.0277. The highest BCUT2D eigenvalue weighted by atomic mass is 16.5. The lowest BCUT2D eigenvalue weighted by molar-refractivity contribution is -0.115. The van der Waals surface area contributed by atoms with E-state index in [4.69, 9.17) is 24.4 Å². The molecule has 0 aliphatic carbocycles. The number of pyridine rings is 1. The highest BCUT2D eigenvalue weighted by Gasteiger charge is 2.27. The quantitative estimate of drug-likeness (QED) is 0.638. The van der Waals surface area contributed by atoms with Crippen molar-refractivity contribution >= 4 is 34.4 Å². The van der Waals surface area contributed by atoms with E-state index in [0.29, 0.717) is 44.4 Å². The largest absolute Gasteiger partial charge is 0.377 e. The summed E-state index contributed by atoms with van der Waals surface area (Å²) in [5.74, 6) is 1.61. The molecule has 34 heavy (non-hydrogen) atoms. The van der Waals surface area contributed by atoms with Crippen molar-refractivity contribution in [3.05, 3.63) is 35.9 Å². The number of ether oxygens (including phenoxy) is 2. The molecule has 3 aliphatic heterocycles. The van der Waals surface area contributed by atoms with E-state index in [1.165, 1.54) is 0 Å². The lowest BCUT2D eigenvalue weighted by atomic mass is 10.0. The Kier molecular flexibility index (Phi) is 5.30. The van der Waals surface area contributed by atoms with Crippen LogP contribution in [0.5, 0.6) is 0 Å². The number of benzene rings is 1. The third-order valence-electron chi connectivity index (χ3n) is 6.82. The number of nitrogens with zero attached hydrogens (tertiary/aromatic N) is 5. The molecular formula is C25H28N6O3. The molecule has 6 rings (SSSR count). The van der Waals surface area contributed by atoms with Crippen LogP contribution in [0.1, 0.15) is 19.4 Å². The Labute approximate surface area is 198 Å². The van der Waals surface area contributed by atoms with E-state index in [0.717, 1.165) is 46.8 Å². The highest BCUT2D eigenvalue weighted by molar-refractivity contribution is 5.99. The van der Waals surface area contributed by atoms with Gasteiger partial charge in [0.2, 0.25) is 11.9 Å². The highest BCUT2D eigenvalue weighted by Crippen LogP contribution is 2.33. The predicted molar refractivity (Wildman–Crippen MR) is 130 cm³/mol. The number of hydrogen-bond acceptors (Lipinski definition) is 8. The van der Waals surface area contributed by atoms with Gasteiger partial charge in [0.25, 0.3) is 0 Å². The monoisotopic (exact) mass is 460 g/mol. The van der Waals surface area contributed by atoms with E-state index in [1.54, 1.807) is 0 Å². The van der Waals surface area contributed by atoms with Crippen molar-refractivity contribution in [1.82, 2.24) is 15.0 Å². The van der Waals surface area contributed by atoms with Gasteiger partial charge < -0.3 is 24.6 Å². The summed E-state index contributed by atoms with van der Waals surface area (Å²) < 4.78 is 11.3. The zero-order chi connectivity index (χ0) is 23.2. The third-order valence-corrected chi connectivity index (χ3v) is 6.82. The van der Waals surface area contributed by atoms with Crippen LogP contribution in [-0.4, -0.2) is 72.5 Å². The molecule has 0 spiro atoms. The molecule has 2 fully saturated rings. The third kappa shape index (κ3) is 3.74. The van der Waals surface area contributed by atoms with Gasteiger partial charge in [-0.05, 0) is 43.7 Å². The number of carbonyl (C=O) groups excluding carboxylic acids is 1. The number of fused-ring (bicyclic) bond motifs is 2. The summed E-state index contributed by atoms with van der Waals surface area (Å²) in [5.41, 5.74) is 4.35. The molecule has 3 aliphatic rings. The first-order chi connectivity index (χ1) is 16.6. The number of nitrogens with one attached hydrogen (secondary N) is 1. The molecule has 0 saturated carbocycles. The molecule has 2 aromatic heterocycles. The van der Waals surface area contributed by atoms with Crippen molar-refractivity contribution < 1.29 is 14.3 Å². The maximum absolute atomic E-state index is 11.8. The molecule has 1 amide bonds. The van der Waals surface area contributed by atoms with E-state index in [1.807, 2.05) is 24.3 Å². The fourth-order valence-electron chi connectivity index (χ4n) is 4.95. The van der Waals surface area contributed by atoms with Crippen LogP contribution in [0.25, 0.3) is 22.3 Å². The lowest BCUT2D eigenvalue weighted by Crippen LogP contribution is -2.46. The van der Waals surface area contributed by atoms with E-state index < -0.39 is 0 Å². The summed E-state index contributed by atoms with van der Waals surface area (Å²) in [6.07, 6.45) is 0.400.